The van der Waals surface area contributed by atoms with Crippen molar-refractivity contribution in [1.29, 1.82) is 0 Å². The summed E-state index contributed by atoms with van der Waals surface area (Å²) in [4.78, 5) is 11.1. The molecule has 1 aliphatic heterocycles. The van der Waals surface area contributed by atoms with E-state index in [4.69, 9.17) is 0 Å². The summed E-state index contributed by atoms with van der Waals surface area (Å²) in [5, 5.41) is 3.00. The molecule has 1 aliphatic rings. The van der Waals surface area contributed by atoms with E-state index >= 15 is 0 Å². The maximum Gasteiger partial charge on any atom is 0.416 e. The predicted octanol–water partition coefficient (Wildman–Crippen LogP) is 4.93. The van der Waals surface area contributed by atoms with Gasteiger partial charge in [-0.3, -0.25) is 0 Å². The number of halogens is 3. The van der Waals surface area contributed by atoms with Gasteiger partial charge in [0.15, 0.2) is 0 Å². The van der Waals surface area contributed by atoms with Gasteiger partial charge in [0, 0.05) is 30.5 Å². The molecule has 4 nitrogen and oxygen atoms in total. The van der Waals surface area contributed by atoms with Crippen LogP contribution in [-0.2, 0) is 6.18 Å². The molecule has 0 amide bonds. The van der Waals surface area contributed by atoms with Crippen LogP contribution in [0.2, 0.25) is 0 Å². The minimum atomic E-state index is -4.34. The number of nitrogens with zero attached hydrogens (tertiary/aromatic N) is 3. The smallest absolute Gasteiger partial charge is 0.356 e. The first kappa shape index (κ1) is 17.5. The second-order valence-electron chi connectivity index (χ2n) is 6.29. The third kappa shape index (κ3) is 4.61. The molecular formula is C18H21F3N4. The highest BCUT2D eigenvalue weighted by atomic mass is 19.4. The van der Waals surface area contributed by atoms with Gasteiger partial charge in [-0.1, -0.05) is 12.8 Å². The lowest BCUT2D eigenvalue weighted by Gasteiger charge is -2.22. The molecule has 25 heavy (non-hydrogen) atoms. The lowest BCUT2D eigenvalue weighted by molar-refractivity contribution is -0.137. The van der Waals surface area contributed by atoms with Crippen LogP contribution in [0.1, 0.15) is 36.9 Å². The summed E-state index contributed by atoms with van der Waals surface area (Å²) in [5.41, 5.74) is 0.678. The number of aryl methyl sites for hydroxylation is 1. The van der Waals surface area contributed by atoms with E-state index in [-0.39, 0.29) is 0 Å². The van der Waals surface area contributed by atoms with Crippen LogP contribution in [0.25, 0.3) is 0 Å². The highest BCUT2D eigenvalue weighted by molar-refractivity contribution is 5.56. The summed E-state index contributed by atoms with van der Waals surface area (Å²) in [6.07, 6.45) is 0.419. The number of benzene rings is 1. The van der Waals surface area contributed by atoms with Crippen LogP contribution < -0.4 is 10.2 Å². The van der Waals surface area contributed by atoms with Crippen molar-refractivity contribution in [2.75, 3.05) is 23.3 Å². The molecule has 0 unspecified atom stereocenters. The SMILES string of the molecule is Cc1cc(N2CCCCCC2)nc(Nc2ccc(C(F)(F)F)cc2)n1. The predicted molar refractivity (Wildman–Crippen MR) is 92.2 cm³/mol. The Balaban J connectivity index is 1.78. The number of alkyl halides is 3. The number of hydrogen-bond acceptors (Lipinski definition) is 4. The topological polar surface area (TPSA) is 41.1 Å². The van der Waals surface area contributed by atoms with E-state index in [9.17, 15) is 13.2 Å². The van der Waals surface area contributed by atoms with Gasteiger partial charge in [0.05, 0.1) is 5.56 Å². The molecule has 0 aliphatic carbocycles. The van der Waals surface area contributed by atoms with Crippen molar-refractivity contribution in [3.05, 3.63) is 41.6 Å². The number of aromatic nitrogens is 2. The Kier molecular flexibility index (Phi) is 5.11. The maximum atomic E-state index is 12.6. The van der Waals surface area contributed by atoms with E-state index in [0.29, 0.717) is 11.6 Å². The van der Waals surface area contributed by atoms with Crippen molar-refractivity contribution in [2.45, 2.75) is 38.8 Å². The van der Waals surface area contributed by atoms with Crippen LogP contribution in [0, 0.1) is 6.92 Å². The minimum absolute atomic E-state index is 0.402. The van der Waals surface area contributed by atoms with Gasteiger partial charge in [0.25, 0.3) is 0 Å². The molecule has 1 aromatic carbocycles. The molecule has 0 atom stereocenters. The van der Waals surface area contributed by atoms with Crippen molar-refractivity contribution >= 4 is 17.5 Å². The van der Waals surface area contributed by atoms with Crippen molar-refractivity contribution in [1.82, 2.24) is 9.97 Å². The van der Waals surface area contributed by atoms with Crippen LogP contribution >= 0.6 is 0 Å². The van der Waals surface area contributed by atoms with Gasteiger partial charge in [-0.2, -0.15) is 18.2 Å². The van der Waals surface area contributed by atoms with E-state index in [2.05, 4.69) is 20.2 Å². The average molecular weight is 350 g/mol. The zero-order valence-corrected chi connectivity index (χ0v) is 14.1. The number of rotatable bonds is 3. The van der Waals surface area contributed by atoms with Crippen LogP contribution in [-0.4, -0.2) is 23.1 Å². The first-order chi connectivity index (χ1) is 11.9. The standard InChI is InChI=1S/C18H21F3N4/c1-13-12-16(25-10-4-2-3-5-11-25)24-17(22-13)23-15-8-6-14(7-9-15)18(19,20)21/h6-9,12H,2-5,10-11H2,1H3,(H,22,23,24). The van der Waals surface area contributed by atoms with Gasteiger partial charge >= 0.3 is 6.18 Å². The Morgan fingerprint density at radius 3 is 2.20 bits per heavy atom. The molecule has 2 aromatic rings. The van der Waals surface area contributed by atoms with E-state index < -0.39 is 11.7 Å². The molecule has 1 fully saturated rings. The Morgan fingerprint density at radius 2 is 1.60 bits per heavy atom. The summed E-state index contributed by atoms with van der Waals surface area (Å²) >= 11 is 0. The molecule has 0 bridgehead atoms. The van der Waals surface area contributed by atoms with Crippen molar-refractivity contribution in [3.63, 3.8) is 0 Å². The Morgan fingerprint density at radius 1 is 0.960 bits per heavy atom. The molecule has 3 rings (SSSR count). The summed E-state index contributed by atoms with van der Waals surface area (Å²) < 4.78 is 37.9. The zero-order valence-electron chi connectivity index (χ0n) is 14.1. The van der Waals surface area contributed by atoms with Crippen LogP contribution in [0.15, 0.2) is 30.3 Å². The first-order valence-electron chi connectivity index (χ1n) is 8.47. The third-order valence-electron chi connectivity index (χ3n) is 4.24. The maximum absolute atomic E-state index is 12.6. The molecule has 1 aromatic heterocycles. The molecule has 1 N–H and O–H groups in total. The van der Waals surface area contributed by atoms with E-state index in [1.165, 1.54) is 25.0 Å². The summed E-state index contributed by atoms with van der Waals surface area (Å²) in [6, 6.07) is 6.82. The second-order valence-corrected chi connectivity index (χ2v) is 6.29. The lowest BCUT2D eigenvalue weighted by Crippen LogP contribution is -2.25. The highest BCUT2D eigenvalue weighted by Gasteiger charge is 2.29. The summed E-state index contributed by atoms with van der Waals surface area (Å²) in [5.74, 6) is 1.27. The molecule has 2 heterocycles. The van der Waals surface area contributed by atoms with Gasteiger partial charge < -0.3 is 10.2 Å². The largest absolute Gasteiger partial charge is 0.416 e. The van der Waals surface area contributed by atoms with E-state index in [1.54, 1.807) is 0 Å². The van der Waals surface area contributed by atoms with Crippen molar-refractivity contribution in [3.8, 4) is 0 Å². The fraction of sp³-hybridized carbons (Fsp3) is 0.444. The quantitative estimate of drug-likeness (QED) is 0.852. The number of anilines is 3. The number of hydrogen-bond donors (Lipinski definition) is 1. The third-order valence-corrected chi connectivity index (χ3v) is 4.24. The summed E-state index contributed by atoms with van der Waals surface area (Å²) in [6.45, 7) is 3.83. The van der Waals surface area contributed by atoms with Gasteiger partial charge in [-0.25, -0.2) is 4.98 Å². The van der Waals surface area contributed by atoms with Gasteiger partial charge in [-0.05, 0) is 44.0 Å². The van der Waals surface area contributed by atoms with Crippen molar-refractivity contribution < 1.29 is 13.2 Å². The number of nitrogens with one attached hydrogen (secondary N) is 1. The van der Waals surface area contributed by atoms with Gasteiger partial charge in [-0.15, -0.1) is 0 Å². The normalized spacial score (nSPS) is 15.8. The van der Waals surface area contributed by atoms with E-state index in [0.717, 1.165) is 49.6 Å². The fourth-order valence-electron chi connectivity index (χ4n) is 2.94. The molecule has 1 saturated heterocycles. The Bertz CT molecular complexity index is 705. The molecule has 0 saturated carbocycles. The average Bonchev–Trinajstić information content (AvgIpc) is 2.83. The zero-order chi connectivity index (χ0) is 17.9. The van der Waals surface area contributed by atoms with Gasteiger partial charge in [0.2, 0.25) is 5.95 Å². The monoisotopic (exact) mass is 350 g/mol. The molecule has 0 spiro atoms. The van der Waals surface area contributed by atoms with Crippen molar-refractivity contribution in [2.24, 2.45) is 0 Å². The van der Waals surface area contributed by atoms with Crippen LogP contribution in [0.5, 0.6) is 0 Å². The molecule has 0 radical (unpaired) electrons. The highest BCUT2D eigenvalue weighted by Crippen LogP contribution is 2.30. The molecular weight excluding hydrogens is 329 g/mol. The van der Waals surface area contributed by atoms with Gasteiger partial charge in [0.1, 0.15) is 5.82 Å². The van der Waals surface area contributed by atoms with Crippen LogP contribution in [0.3, 0.4) is 0 Å². The lowest BCUT2D eigenvalue weighted by atomic mass is 10.2. The first-order valence-corrected chi connectivity index (χ1v) is 8.47. The fourth-order valence-corrected chi connectivity index (χ4v) is 2.94. The molecule has 134 valence electrons. The second kappa shape index (κ2) is 7.29. The van der Waals surface area contributed by atoms with E-state index in [1.807, 2.05) is 13.0 Å². The van der Waals surface area contributed by atoms with Crippen LogP contribution in [0.4, 0.5) is 30.6 Å². The minimum Gasteiger partial charge on any atom is -0.356 e. The Labute approximate surface area is 145 Å². The molecule has 7 heteroatoms. The Hall–Kier alpha value is -2.31. The summed E-state index contributed by atoms with van der Waals surface area (Å²) in [7, 11) is 0.